The number of ether oxygens (including phenoxy) is 3. The molecule has 0 aromatic rings. The van der Waals surface area contributed by atoms with E-state index in [1.807, 2.05) is 0 Å². The summed E-state index contributed by atoms with van der Waals surface area (Å²) in [5.74, 6) is -3.46. The lowest BCUT2D eigenvalue weighted by Gasteiger charge is -2.20. The number of nitrogens with one attached hydrogen (secondary N) is 2. The second-order valence-corrected chi connectivity index (χ2v) is 4.00. The van der Waals surface area contributed by atoms with Crippen molar-refractivity contribution in [3.8, 4) is 0 Å². The van der Waals surface area contributed by atoms with Gasteiger partial charge in [-0.05, 0) is 0 Å². The van der Waals surface area contributed by atoms with E-state index in [0.717, 1.165) is 27.4 Å². The average Bonchev–Trinajstić information content (AvgIpc) is 2.54. The van der Waals surface area contributed by atoms with E-state index in [4.69, 9.17) is 0 Å². The van der Waals surface area contributed by atoms with Crippen molar-refractivity contribution in [3.63, 3.8) is 0 Å². The molecule has 1 aliphatic rings. The van der Waals surface area contributed by atoms with E-state index in [0.29, 0.717) is 13.1 Å². The summed E-state index contributed by atoms with van der Waals surface area (Å²) in [6.45, 7) is 0.694. The zero-order chi connectivity index (χ0) is 16.7. The van der Waals surface area contributed by atoms with E-state index in [9.17, 15) is 19.2 Å². The summed E-state index contributed by atoms with van der Waals surface area (Å²) in [6.07, 6.45) is 0.759. The van der Waals surface area contributed by atoms with Gasteiger partial charge in [0.2, 0.25) is 0 Å². The largest absolute Gasteiger partial charge is 0.466 e. The molecule has 0 bridgehead atoms. The molecule has 0 radical (unpaired) electrons. The molecule has 1 heterocycles. The van der Waals surface area contributed by atoms with Gasteiger partial charge in [-0.15, -0.1) is 0 Å². The highest BCUT2D eigenvalue weighted by Crippen LogP contribution is 2.19. The molecule has 9 nitrogen and oxygen atoms in total. The predicted molar refractivity (Wildman–Crippen MR) is 72.2 cm³/mol. The first-order valence-electron chi connectivity index (χ1n) is 6.19. The Bertz CT molecular complexity index is 563. The first kappa shape index (κ1) is 17.2. The number of carbonyl (C=O) groups excluding carboxylic acids is 4. The quantitative estimate of drug-likeness (QED) is 0.362. The predicted octanol–water partition coefficient (Wildman–Crippen LogP) is -1.59. The van der Waals surface area contributed by atoms with E-state index < -0.39 is 35.0 Å². The lowest BCUT2D eigenvalue weighted by Crippen LogP contribution is -2.44. The number of carbonyl (C=O) groups is 4. The molecule has 0 aromatic carbocycles. The third-order valence-electron chi connectivity index (χ3n) is 2.72. The SMILES string of the molecule is COC(=O)C=C(C(=O)OC)C(C(=O)OC)=C1NCCNC1=O. The van der Waals surface area contributed by atoms with Gasteiger partial charge in [0.25, 0.3) is 5.91 Å². The minimum absolute atomic E-state index is 0.182. The number of rotatable bonds is 4. The van der Waals surface area contributed by atoms with Crippen LogP contribution in [0.1, 0.15) is 0 Å². The Balaban J connectivity index is 3.51. The molecule has 22 heavy (non-hydrogen) atoms. The second kappa shape index (κ2) is 7.81. The Morgan fingerprint density at radius 2 is 1.55 bits per heavy atom. The Hall–Kier alpha value is -2.84. The van der Waals surface area contributed by atoms with E-state index in [1.165, 1.54) is 0 Å². The first-order valence-corrected chi connectivity index (χ1v) is 6.19. The van der Waals surface area contributed by atoms with Gasteiger partial charge >= 0.3 is 17.9 Å². The molecule has 0 unspecified atom stereocenters. The number of esters is 3. The number of methoxy groups -OCH3 is 3. The van der Waals surface area contributed by atoms with Gasteiger partial charge in [-0.25, -0.2) is 14.4 Å². The number of hydrogen-bond acceptors (Lipinski definition) is 8. The minimum atomic E-state index is -0.988. The molecule has 1 saturated heterocycles. The standard InChI is InChI=1S/C13H16N2O7/c1-20-8(16)6-7(12(18)21-2)9(13(19)22-3)10-11(17)15-5-4-14-10/h6,14H,4-5H2,1-3H3,(H,15,17). The van der Waals surface area contributed by atoms with E-state index >= 15 is 0 Å². The third kappa shape index (κ3) is 3.84. The third-order valence-corrected chi connectivity index (χ3v) is 2.72. The van der Waals surface area contributed by atoms with Crippen LogP contribution in [-0.4, -0.2) is 58.2 Å². The van der Waals surface area contributed by atoms with Crippen molar-refractivity contribution >= 4 is 23.8 Å². The van der Waals surface area contributed by atoms with Crippen molar-refractivity contribution in [2.75, 3.05) is 34.4 Å². The summed E-state index contributed by atoms with van der Waals surface area (Å²) in [7, 11) is 3.25. The average molecular weight is 312 g/mol. The van der Waals surface area contributed by atoms with Crippen LogP contribution in [0, 0.1) is 0 Å². The van der Waals surface area contributed by atoms with Crippen LogP contribution in [0.15, 0.2) is 22.9 Å². The number of amides is 1. The van der Waals surface area contributed by atoms with Crippen LogP contribution >= 0.6 is 0 Å². The summed E-state index contributed by atoms with van der Waals surface area (Å²) in [5.41, 5.74) is -1.03. The van der Waals surface area contributed by atoms with Crippen molar-refractivity contribution in [1.29, 1.82) is 0 Å². The molecule has 120 valence electrons. The zero-order valence-corrected chi connectivity index (χ0v) is 12.3. The van der Waals surface area contributed by atoms with Gasteiger partial charge in [0.1, 0.15) is 11.3 Å². The van der Waals surface area contributed by atoms with Crippen LogP contribution in [0.2, 0.25) is 0 Å². The van der Waals surface area contributed by atoms with Crippen molar-refractivity contribution in [2.24, 2.45) is 0 Å². The molecule has 1 aliphatic heterocycles. The van der Waals surface area contributed by atoms with Crippen molar-refractivity contribution < 1.29 is 33.4 Å². The molecule has 1 fully saturated rings. The Morgan fingerprint density at radius 1 is 0.955 bits per heavy atom. The van der Waals surface area contributed by atoms with Gasteiger partial charge < -0.3 is 24.8 Å². The molecule has 1 amide bonds. The van der Waals surface area contributed by atoms with Crippen LogP contribution in [0.4, 0.5) is 0 Å². The fourth-order valence-electron chi connectivity index (χ4n) is 1.70. The summed E-state index contributed by atoms with van der Waals surface area (Å²) >= 11 is 0. The Kier molecular flexibility index (Phi) is 6.11. The maximum absolute atomic E-state index is 12.0. The fourth-order valence-corrected chi connectivity index (χ4v) is 1.70. The smallest absolute Gasteiger partial charge is 0.341 e. The zero-order valence-electron chi connectivity index (χ0n) is 12.3. The van der Waals surface area contributed by atoms with Gasteiger partial charge in [-0.1, -0.05) is 0 Å². The van der Waals surface area contributed by atoms with Crippen LogP contribution in [0.5, 0.6) is 0 Å². The molecule has 9 heteroatoms. The summed E-state index contributed by atoms with van der Waals surface area (Å²) < 4.78 is 13.6. The molecule has 0 atom stereocenters. The number of piperazine rings is 1. The summed E-state index contributed by atoms with van der Waals surface area (Å²) in [4.78, 5) is 47.2. The highest BCUT2D eigenvalue weighted by atomic mass is 16.5. The molecule has 0 aromatic heterocycles. The Morgan fingerprint density at radius 3 is 2.05 bits per heavy atom. The fraction of sp³-hybridized carbons (Fsp3) is 0.385. The molecular weight excluding hydrogens is 296 g/mol. The van der Waals surface area contributed by atoms with Gasteiger partial charge in [-0.3, -0.25) is 4.79 Å². The molecule has 0 saturated carbocycles. The highest BCUT2D eigenvalue weighted by molar-refractivity contribution is 6.14. The molecular formula is C13H16N2O7. The van der Waals surface area contributed by atoms with E-state index in [-0.39, 0.29) is 5.70 Å². The minimum Gasteiger partial charge on any atom is -0.466 e. The van der Waals surface area contributed by atoms with Crippen molar-refractivity contribution in [2.45, 2.75) is 0 Å². The van der Waals surface area contributed by atoms with Crippen LogP contribution < -0.4 is 10.6 Å². The monoisotopic (exact) mass is 312 g/mol. The topological polar surface area (TPSA) is 120 Å². The highest BCUT2D eigenvalue weighted by Gasteiger charge is 2.31. The molecule has 1 rings (SSSR count). The van der Waals surface area contributed by atoms with E-state index in [2.05, 4.69) is 24.8 Å². The molecule has 0 spiro atoms. The maximum atomic E-state index is 12.0. The molecule has 2 N–H and O–H groups in total. The van der Waals surface area contributed by atoms with Gasteiger partial charge in [0, 0.05) is 19.2 Å². The molecule has 0 aliphatic carbocycles. The lowest BCUT2D eigenvalue weighted by atomic mass is 10.0. The number of hydrogen-bond donors (Lipinski definition) is 2. The lowest BCUT2D eigenvalue weighted by molar-refractivity contribution is -0.140. The first-order chi connectivity index (χ1) is 10.5. The van der Waals surface area contributed by atoms with Gasteiger partial charge in [0.05, 0.1) is 26.9 Å². The maximum Gasteiger partial charge on any atom is 0.341 e. The van der Waals surface area contributed by atoms with Crippen LogP contribution in [-0.2, 0) is 33.4 Å². The summed E-state index contributed by atoms with van der Waals surface area (Å²) in [5, 5.41) is 5.21. The second-order valence-electron chi connectivity index (χ2n) is 4.00. The normalized spacial score (nSPS) is 16.9. The Labute approximate surface area is 126 Å². The van der Waals surface area contributed by atoms with Crippen molar-refractivity contribution in [1.82, 2.24) is 10.6 Å². The van der Waals surface area contributed by atoms with Gasteiger partial charge in [-0.2, -0.15) is 0 Å². The van der Waals surface area contributed by atoms with Crippen molar-refractivity contribution in [3.05, 3.63) is 22.9 Å². The van der Waals surface area contributed by atoms with Gasteiger partial charge in [0.15, 0.2) is 0 Å². The van der Waals surface area contributed by atoms with Crippen LogP contribution in [0.3, 0.4) is 0 Å². The van der Waals surface area contributed by atoms with E-state index in [1.54, 1.807) is 0 Å². The van der Waals surface area contributed by atoms with Crippen LogP contribution in [0.25, 0.3) is 0 Å². The summed E-state index contributed by atoms with van der Waals surface area (Å²) in [6, 6.07) is 0.